The maximum Gasteiger partial charge on any atom is 0.408 e. The molecule has 5 nitrogen and oxygen atoms in total. The van der Waals surface area contributed by atoms with Gasteiger partial charge in [0.05, 0.1) is 6.61 Å². The van der Waals surface area contributed by atoms with E-state index < -0.39 is 23.3 Å². The molecule has 2 atom stereocenters. The fourth-order valence-corrected chi connectivity index (χ4v) is 2.62. The van der Waals surface area contributed by atoms with Crippen LogP contribution in [0.5, 0.6) is 5.75 Å². The van der Waals surface area contributed by atoms with Crippen molar-refractivity contribution in [2.24, 2.45) is 5.92 Å². The van der Waals surface area contributed by atoms with E-state index in [4.69, 9.17) is 9.47 Å². The molecule has 5 heteroatoms. The van der Waals surface area contributed by atoms with E-state index in [1.807, 2.05) is 45.0 Å². The van der Waals surface area contributed by atoms with E-state index in [-0.39, 0.29) is 0 Å². The number of hydrogen-bond acceptors (Lipinski definition) is 4. The first kappa shape index (κ1) is 22.3. The van der Waals surface area contributed by atoms with Crippen molar-refractivity contribution >= 4 is 6.09 Å². The van der Waals surface area contributed by atoms with Crippen molar-refractivity contribution < 1.29 is 19.4 Å². The van der Waals surface area contributed by atoms with Crippen LogP contribution in [-0.4, -0.2) is 28.9 Å². The molecule has 0 aromatic heterocycles. The third-order valence-electron chi connectivity index (χ3n) is 3.84. The van der Waals surface area contributed by atoms with E-state index in [2.05, 4.69) is 19.2 Å². The van der Waals surface area contributed by atoms with Crippen LogP contribution in [0.3, 0.4) is 0 Å². The van der Waals surface area contributed by atoms with Crippen molar-refractivity contribution in [1.82, 2.24) is 5.32 Å². The molecule has 0 aliphatic rings. The molecule has 0 saturated heterocycles. The molecule has 0 bridgehead atoms. The number of alkyl carbamates (subject to hydrolysis) is 1. The molecule has 0 unspecified atom stereocenters. The van der Waals surface area contributed by atoms with Crippen LogP contribution in [0.25, 0.3) is 0 Å². The van der Waals surface area contributed by atoms with Gasteiger partial charge in [0.15, 0.2) is 6.10 Å². The Bertz CT molecular complexity index is 555. The van der Waals surface area contributed by atoms with Crippen LogP contribution >= 0.6 is 0 Å². The van der Waals surface area contributed by atoms with E-state index in [9.17, 15) is 9.90 Å². The van der Waals surface area contributed by atoms with E-state index in [1.165, 1.54) is 0 Å². The van der Waals surface area contributed by atoms with Gasteiger partial charge in [-0.2, -0.15) is 0 Å². The lowest BCUT2D eigenvalue weighted by atomic mass is 9.94. The zero-order chi connectivity index (χ0) is 20.0. The molecule has 1 amide bonds. The van der Waals surface area contributed by atoms with Gasteiger partial charge in [0.2, 0.25) is 0 Å². The molecule has 0 saturated carbocycles. The van der Waals surface area contributed by atoms with Crippen molar-refractivity contribution in [3.05, 3.63) is 29.8 Å². The van der Waals surface area contributed by atoms with Crippen LogP contribution in [0.2, 0.25) is 0 Å². The predicted molar refractivity (Wildman–Crippen MR) is 104 cm³/mol. The molecule has 2 N–H and O–H groups in total. The smallest absolute Gasteiger partial charge is 0.408 e. The van der Waals surface area contributed by atoms with Crippen LogP contribution in [-0.2, 0) is 4.74 Å². The van der Waals surface area contributed by atoms with Crippen LogP contribution < -0.4 is 10.1 Å². The third kappa shape index (κ3) is 8.09. The highest BCUT2D eigenvalue weighted by Crippen LogP contribution is 2.31. The molecule has 148 valence electrons. The highest BCUT2D eigenvalue weighted by molar-refractivity contribution is 5.68. The van der Waals surface area contributed by atoms with Crippen LogP contribution in [0, 0.1) is 5.92 Å². The Morgan fingerprint density at radius 1 is 1.15 bits per heavy atom. The maximum atomic E-state index is 12.1. The fraction of sp³-hybridized carbons (Fsp3) is 0.667. The highest BCUT2D eigenvalue weighted by atomic mass is 16.6. The van der Waals surface area contributed by atoms with Crippen LogP contribution in [0.15, 0.2) is 24.3 Å². The molecule has 1 aromatic carbocycles. The third-order valence-corrected chi connectivity index (χ3v) is 3.84. The number of hydrogen-bond donors (Lipinski definition) is 2. The first-order valence-corrected chi connectivity index (χ1v) is 9.36. The Hall–Kier alpha value is -1.75. The van der Waals surface area contributed by atoms with Gasteiger partial charge in [0, 0.05) is 5.54 Å². The Balaban J connectivity index is 2.81. The molecular weight excluding hydrogens is 330 g/mol. The van der Waals surface area contributed by atoms with Gasteiger partial charge < -0.3 is 19.9 Å². The number of carbonyl (C=O) groups excluding carboxylic acids is 1. The van der Waals surface area contributed by atoms with E-state index in [1.54, 1.807) is 13.8 Å². The molecule has 0 spiro atoms. The summed E-state index contributed by atoms with van der Waals surface area (Å²) in [6.07, 6.45) is 0.941. The van der Waals surface area contributed by atoms with E-state index in [0.29, 0.717) is 12.5 Å². The minimum atomic E-state index is -1.22. The molecule has 0 heterocycles. The lowest BCUT2D eigenvalue weighted by molar-refractivity contribution is -0.0585. The van der Waals surface area contributed by atoms with Crippen molar-refractivity contribution in [3.8, 4) is 5.75 Å². The summed E-state index contributed by atoms with van der Waals surface area (Å²) in [6.45, 7) is 13.9. The number of benzene rings is 1. The molecule has 0 radical (unpaired) electrons. The van der Waals surface area contributed by atoms with E-state index >= 15 is 0 Å². The Morgan fingerprint density at radius 3 is 2.19 bits per heavy atom. The average Bonchev–Trinajstić information content (AvgIpc) is 2.49. The van der Waals surface area contributed by atoms with Gasteiger partial charge in [-0.1, -0.05) is 32.4 Å². The second kappa shape index (κ2) is 9.26. The van der Waals surface area contributed by atoms with Crippen molar-refractivity contribution in [2.75, 3.05) is 6.61 Å². The number of nitrogens with one attached hydrogen (secondary N) is 1. The standard InChI is InChI=1S/C21H35NO4/c1-8-9-15(2)14-25-17-12-10-16(11-13-17)18(21(6,7)24)26-19(23)22-20(3,4)5/h10-13,15,18,24H,8-9,14H2,1-7H3,(H,22,23)/t15-,18-/m1/s1. The molecule has 1 rings (SSSR count). The number of ether oxygens (including phenoxy) is 2. The molecule has 0 fully saturated rings. The lowest BCUT2D eigenvalue weighted by Gasteiger charge is -2.31. The topological polar surface area (TPSA) is 67.8 Å². The Morgan fingerprint density at radius 2 is 1.73 bits per heavy atom. The monoisotopic (exact) mass is 365 g/mol. The minimum absolute atomic E-state index is 0.409. The summed E-state index contributed by atoms with van der Waals surface area (Å²) in [5.41, 5.74) is -0.906. The summed E-state index contributed by atoms with van der Waals surface area (Å²) in [7, 11) is 0. The average molecular weight is 366 g/mol. The number of rotatable bonds is 8. The van der Waals surface area contributed by atoms with Crippen molar-refractivity contribution in [3.63, 3.8) is 0 Å². The van der Waals surface area contributed by atoms with Crippen molar-refractivity contribution in [1.29, 1.82) is 0 Å². The summed E-state index contributed by atoms with van der Waals surface area (Å²) in [5.74, 6) is 1.28. The molecule has 0 aliphatic heterocycles. The molecule has 26 heavy (non-hydrogen) atoms. The summed E-state index contributed by atoms with van der Waals surface area (Å²) in [6, 6.07) is 7.34. The van der Waals surface area contributed by atoms with Gasteiger partial charge in [-0.05, 0) is 64.7 Å². The van der Waals surface area contributed by atoms with Gasteiger partial charge in [0.25, 0.3) is 0 Å². The van der Waals surface area contributed by atoms with Gasteiger partial charge in [0.1, 0.15) is 11.4 Å². The highest BCUT2D eigenvalue weighted by Gasteiger charge is 2.33. The molecular formula is C21H35NO4. The number of aliphatic hydroxyl groups is 1. The normalized spacial score (nSPS) is 14.5. The second-order valence-electron chi connectivity index (χ2n) is 8.59. The van der Waals surface area contributed by atoms with Crippen LogP contribution in [0.1, 0.15) is 73.0 Å². The molecule has 1 aromatic rings. The first-order chi connectivity index (χ1) is 11.9. The first-order valence-electron chi connectivity index (χ1n) is 9.36. The minimum Gasteiger partial charge on any atom is -0.493 e. The lowest BCUT2D eigenvalue weighted by Crippen LogP contribution is -2.43. The SMILES string of the molecule is CCC[C@@H](C)COc1ccc([C@@H](OC(=O)NC(C)(C)C)C(C)(C)O)cc1. The summed E-state index contributed by atoms with van der Waals surface area (Å²) in [4.78, 5) is 12.1. The Kier molecular flexibility index (Phi) is 7.94. The number of carbonyl (C=O) groups is 1. The predicted octanol–water partition coefficient (Wildman–Crippen LogP) is 4.84. The Labute approximate surface area is 158 Å². The zero-order valence-corrected chi connectivity index (χ0v) is 17.3. The van der Waals surface area contributed by atoms with Crippen LogP contribution in [0.4, 0.5) is 4.79 Å². The van der Waals surface area contributed by atoms with Gasteiger partial charge in [-0.25, -0.2) is 4.79 Å². The largest absolute Gasteiger partial charge is 0.493 e. The maximum absolute atomic E-state index is 12.1. The fourth-order valence-electron chi connectivity index (χ4n) is 2.62. The summed E-state index contributed by atoms with van der Waals surface area (Å²) >= 11 is 0. The zero-order valence-electron chi connectivity index (χ0n) is 17.3. The van der Waals surface area contributed by atoms with E-state index in [0.717, 1.165) is 24.2 Å². The van der Waals surface area contributed by atoms with Gasteiger partial charge >= 0.3 is 6.09 Å². The summed E-state index contributed by atoms with van der Waals surface area (Å²) < 4.78 is 11.3. The molecule has 0 aliphatic carbocycles. The number of amides is 1. The second-order valence-corrected chi connectivity index (χ2v) is 8.59. The van der Waals surface area contributed by atoms with Crippen molar-refractivity contribution in [2.45, 2.75) is 78.6 Å². The van der Waals surface area contributed by atoms with Gasteiger partial charge in [-0.3, -0.25) is 0 Å². The summed E-state index contributed by atoms with van der Waals surface area (Å²) in [5, 5.41) is 13.2. The quantitative estimate of drug-likeness (QED) is 0.692. The van der Waals surface area contributed by atoms with Gasteiger partial charge in [-0.15, -0.1) is 0 Å².